The molecule has 1 amide bonds. The number of rotatable bonds is 4. The lowest BCUT2D eigenvalue weighted by atomic mass is 10.1. The molecule has 1 N–H and O–H groups in total. The predicted molar refractivity (Wildman–Crippen MR) is 78.4 cm³/mol. The minimum absolute atomic E-state index is 0.00366. The number of thioether (sulfide) groups is 1. The van der Waals surface area contributed by atoms with Crippen molar-refractivity contribution in [3.05, 3.63) is 29.8 Å². The van der Waals surface area contributed by atoms with Gasteiger partial charge in [-0.05, 0) is 13.0 Å². The molecule has 1 aromatic rings. The third-order valence-electron chi connectivity index (χ3n) is 3.53. The van der Waals surface area contributed by atoms with Gasteiger partial charge in [0.15, 0.2) is 0 Å². The van der Waals surface area contributed by atoms with Gasteiger partial charge in [-0.15, -0.1) is 11.8 Å². The van der Waals surface area contributed by atoms with Crippen LogP contribution in [0.1, 0.15) is 18.5 Å². The van der Waals surface area contributed by atoms with Gasteiger partial charge in [-0.1, -0.05) is 18.2 Å². The number of hydrogen-bond acceptors (Lipinski definition) is 4. The van der Waals surface area contributed by atoms with Crippen molar-refractivity contribution in [2.45, 2.75) is 19.0 Å². The van der Waals surface area contributed by atoms with Crippen LogP contribution in [0.4, 0.5) is 0 Å². The maximum Gasteiger partial charge on any atom is 0.240 e. The van der Waals surface area contributed by atoms with Crippen molar-refractivity contribution in [1.29, 1.82) is 0 Å². The Kier molecular flexibility index (Phi) is 4.71. The molecule has 1 aliphatic rings. The standard InChI is InChI=1S/C14H20N2O2S/c1-10(11-6-4-5-7-13(11)18-3)16(2)14(17)12-8-19-9-15-12/h4-7,10,12,15H,8-9H2,1-3H3. The molecule has 1 aliphatic heterocycles. The van der Waals surface area contributed by atoms with E-state index in [2.05, 4.69) is 5.32 Å². The monoisotopic (exact) mass is 280 g/mol. The fraction of sp³-hybridized carbons (Fsp3) is 0.500. The first-order valence-electron chi connectivity index (χ1n) is 6.36. The van der Waals surface area contributed by atoms with Gasteiger partial charge in [0, 0.05) is 24.2 Å². The highest BCUT2D eigenvalue weighted by Crippen LogP contribution is 2.28. The van der Waals surface area contributed by atoms with Crippen molar-refractivity contribution >= 4 is 17.7 Å². The summed E-state index contributed by atoms with van der Waals surface area (Å²) in [6, 6.07) is 7.77. The van der Waals surface area contributed by atoms with Crippen LogP contribution in [0.15, 0.2) is 24.3 Å². The van der Waals surface area contributed by atoms with Crippen LogP contribution >= 0.6 is 11.8 Å². The SMILES string of the molecule is COc1ccccc1C(C)N(C)C(=O)C1CSCN1. The van der Waals surface area contributed by atoms with Crippen LogP contribution in [0, 0.1) is 0 Å². The van der Waals surface area contributed by atoms with E-state index >= 15 is 0 Å². The highest BCUT2D eigenvalue weighted by atomic mass is 32.2. The maximum atomic E-state index is 12.4. The van der Waals surface area contributed by atoms with Gasteiger partial charge in [-0.2, -0.15) is 0 Å². The van der Waals surface area contributed by atoms with Gasteiger partial charge in [-0.3, -0.25) is 10.1 Å². The Balaban J connectivity index is 2.13. The smallest absolute Gasteiger partial charge is 0.240 e. The zero-order valence-electron chi connectivity index (χ0n) is 11.6. The summed E-state index contributed by atoms with van der Waals surface area (Å²) in [6.07, 6.45) is 0. The number of likely N-dealkylation sites (N-methyl/N-ethyl adjacent to an activating group) is 1. The van der Waals surface area contributed by atoms with Crippen LogP contribution < -0.4 is 10.1 Å². The Hall–Kier alpha value is -1.20. The molecule has 0 aromatic heterocycles. The zero-order chi connectivity index (χ0) is 13.8. The van der Waals surface area contributed by atoms with E-state index in [0.29, 0.717) is 0 Å². The number of para-hydroxylation sites is 1. The summed E-state index contributed by atoms with van der Waals surface area (Å²) in [5.74, 6) is 2.67. The van der Waals surface area contributed by atoms with Crippen molar-refractivity contribution in [3.63, 3.8) is 0 Å². The van der Waals surface area contributed by atoms with Crippen LogP contribution in [-0.2, 0) is 4.79 Å². The number of carbonyl (C=O) groups is 1. The van der Waals surface area contributed by atoms with Gasteiger partial charge in [-0.25, -0.2) is 0 Å². The van der Waals surface area contributed by atoms with Gasteiger partial charge in [0.05, 0.1) is 19.2 Å². The fourth-order valence-corrected chi connectivity index (χ4v) is 3.14. The van der Waals surface area contributed by atoms with Gasteiger partial charge in [0.1, 0.15) is 5.75 Å². The number of amides is 1. The number of ether oxygens (including phenoxy) is 1. The summed E-state index contributed by atoms with van der Waals surface area (Å²) in [7, 11) is 3.51. The molecule has 1 aromatic carbocycles. The third-order valence-corrected chi connectivity index (χ3v) is 4.47. The maximum absolute atomic E-state index is 12.4. The van der Waals surface area contributed by atoms with E-state index in [4.69, 9.17) is 4.74 Å². The molecule has 5 heteroatoms. The van der Waals surface area contributed by atoms with Gasteiger partial charge in [0.25, 0.3) is 0 Å². The normalized spacial score (nSPS) is 20.1. The molecule has 4 nitrogen and oxygen atoms in total. The quantitative estimate of drug-likeness (QED) is 0.914. The van der Waals surface area contributed by atoms with Crippen LogP contribution in [0.3, 0.4) is 0 Å². The molecule has 2 rings (SSSR count). The molecule has 0 radical (unpaired) electrons. The van der Waals surface area contributed by atoms with Crippen LogP contribution in [0.2, 0.25) is 0 Å². The highest BCUT2D eigenvalue weighted by molar-refractivity contribution is 7.99. The summed E-state index contributed by atoms with van der Waals surface area (Å²) in [5, 5.41) is 3.21. The van der Waals surface area contributed by atoms with Crippen LogP contribution in [0.5, 0.6) is 5.75 Å². The molecule has 104 valence electrons. The van der Waals surface area contributed by atoms with Crippen molar-refractivity contribution in [2.24, 2.45) is 0 Å². The molecule has 1 heterocycles. The van der Waals surface area contributed by atoms with Gasteiger partial charge >= 0.3 is 0 Å². The molecule has 0 bridgehead atoms. The summed E-state index contributed by atoms with van der Waals surface area (Å²) in [4.78, 5) is 14.2. The van der Waals surface area contributed by atoms with Gasteiger partial charge < -0.3 is 9.64 Å². The second-order valence-corrected chi connectivity index (χ2v) is 5.67. The fourth-order valence-electron chi connectivity index (χ4n) is 2.21. The first kappa shape index (κ1) is 14.2. The van der Waals surface area contributed by atoms with Crippen molar-refractivity contribution in [1.82, 2.24) is 10.2 Å². The number of hydrogen-bond donors (Lipinski definition) is 1. The van der Waals surface area contributed by atoms with E-state index in [1.165, 1.54) is 0 Å². The summed E-state index contributed by atoms with van der Waals surface area (Å²) in [5.41, 5.74) is 1.03. The second kappa shape index (κ2) is 6.30. The minimum atomic E-state index is -0.0628. The summed E-state index contributed by atoms with van der Waals surface area (Å²) < 4.78 is 5.36. The van der Waals surface area contributed by atoms with E-state index in [-0.39, 0.29) is 18.0 Å². The van der Waals surface area contributed by atoms with Crippen molar-refractivity contribution < 1.29 is 9.53 Å². The largest absolute Gasteiger partial charge is 0.496 e. The molecular weight excluding hydrogens is 260 g/mol. The lowest BCUT2D eigenvalue weighted by Gasteiger charge is -2.28. The number of nitrogens with zero attached hydrogens (tertiary/aromatic N) is 1. The topological polar surface area (TPSA) is 41.6 Å². The average molecular weight is 280 g/mol. The van der Waals surface area contributed by atoms with E-state index < -0.39 is 0 Å². The molecule has 0 saturated carbocycles. The molecule has 1 fully saturated rings. The number of methoxy groups -OCH3 is 1. The number of benzene rings is 1. The van der Waals surface area contributed by atoms with Crippen molar-refractivity contribution in [3.8, 4) is 5.75 Å². The molecule has 19 heavy (non-hydrogen) atoms. The molecule has 2 unspecified atom stereocenters. The Morgan fingerprint density at radius 1 is 1.53 bits per heavy atom. The lowest BCUT2D eigenvalue weighted by molar-refractivity contribution is -0.133. The molecular formula is C14H20N2O2S. The first-order chi connectivity index (χ1) is 9.15. The Morgan fingerprint density at radius 3 is 2.89 bits per heavy atom. The Labute approximate surface area is 118 Å². The molecule has 0 aliphatic carbocycles. The molecule has 0 spiro atoms. The average Bonchev–Trinajstić information content (AvgIpc) is 2.99. The Morgan fingerprint density at radius 2 is 2.26 bits per heavy atom. The highest BCUT2D eigenvalue weighted by Gasteiger charge is 2.28. The first-order valence-corrected chi connectivity index (χ1v) is 7.51. The minimum Gasteiger partial charge on any atom is -0.496 e. The summed E-state index contributed by atoms with van der Waals surface area (Å²) >= 11 is 1.76. The van der Waals surface area contributed by atoms with E-state index in [0.717, 1.165) is 22.9 Å². The zero-order valence-corrected chi connectivity index (χ0v) is 12.4. The van der Waals surface area contributed by atoms with E-state index in [1.54, 1.807) is 23.8 Å². The Bertz CT molecular complexity index is 447. The van der Waals surface area contributed by atoms with Crippen molar-refractivity contribution in [2.75, 3.05) is 25.8 Å². The lowest BCUT2D eigenvalue weighted by Crippen LogP contribution is -2.44. The van der Waals surface area contributed by atoms with Gasteiger partial charge in [0.2, 0.25) is 5.91 Å². The number of nitrogens with one attached hydrogen (secondary N) is 1. The second-order valence-electron chi connectivity index (χ2n) is 4.64. The predicted octanol–water partition coefficient (Wildman–Crippen LogP) is 1.88. The van der Waals surface area contributed by atoms with Crippen LogP contribution in [0.25, 0.3) is 0 Å². The van der Waals surface area contributed by atoms with E-state index in [1.807, 2.05) is 38.2 Å². The summed E-state index contributed by atoms with van der Waals surface area (Å²) in [6.45, 7) is 2.03. The van der Waals surface area contributed by atoms with E-state index in [9.17, 15) is 4.79 Å². The third kappa shape index (κ3) is 3.04. The van der Waals surface area contributed by atoms with Crippen LogP contribution in [-0.4, -0.2) is 42.6 Å². The number of carbonyl (C=O) groups excluding carboxylic acids is 1. The molecule has 2 atom stereocenters. The molecule has 1 saturated heterocycles.